The van der Waals surface area contributed by atoms with Gasteiger partial charge in [0.05, 0.1) is 0 Å². The van der Waals surface area contributed by atoms with Crippen LogP contribution in [0.5, 0.6) is 0 Å². The summed E-state index contributed by atoms with van der Waals surface area (Å²) in [5.41, 5.74) is 0.443. The molecule has 1 N–H and O–H groups in total. The van der Waals surface area contributed by atoms with E-state index in [-0.39, 0.29) is 0 Å². The summed E-state index contributed by atoms with van der Waals surface area (Å²) in [6, 6.07) is 1.38. The molecule has 0 aromatic rings. The maximum atomic E-state index is 3.58. The molecule has 1 saturated carbocycles. The normalized spacial score (nSPS) is 29.6. The highest BCUT2D eigenvalue weighted by Gasteiger charge is 2.39. The summed E-state index contributed by atoms with van der Waals surface area (Å²) in [6.07, 6.45) is 5.37. The van der Waals surface area contributed by atoms with Gasteiger partial charge in [-0.15, -0.1) is 0 Å². The van der Waals surface area contributed by atoms with E-state index in [1.807, 2.05) is 0 Å². The minimum atomic E-state index is 0.443. The van der Waals surface area contributed by atoms with Crippen LogP contribution < -0.4 is 5.32 Å². The van der Waals surface area contributed by atoms with Crippen molar-refractivity contribution >= 4 is 0 Å². The molecule has 2 heteroatoms. The van der Waals surface area contributed by atoms with E-state index in [1.54, 1.807) is 0 Å². The Balaban J connectivity index is 2.75. The zero-order valence-corrected chi connectivity index (χ0v) is 11.8. The van der Waals surface area contributed by atoms with Gasteiger partial charge in [-0.25, -0.2) is 0 Å². The molecule has 2 nitrogen and oxygen atoms in total. The monoisotopic (exact) mass is 226 g/mol. The first kappa shape index (κ1) is 14.0. The number of nitrogens with one attached hydrogen (secondary N) is 1. The Bertz CT molecular complexity index is 201. The summed E-state index contributed by atoms with van der Waals surface area (Å²) in [4.78, 5) is 2.67. The molecule has 1 fully saturated rings. The summed E-state index contributed by atoms with van der Waals surface area (Å²) in [5, 5.41) is 3.58. The summed E-state index contributed by atoms with van der Waals surface area (Å²) in [7, 11) is 2.13. The van der Waals surface area contributed by atoms with E-state index >= 15 is 0 Å². The van der Waals surface area contributed by atoms with Crippen LogP contribution in [0.25, 0.3) is 0 Å². The van der Waals surface area contributed by atoms with Crippen LogP contribution in [0.1, 0.15) is 53.4 Å². The fourth-order valence-electron chi connectivity index (χ4n) is 3.43. The van der Waals surface area contributed by atoms with Crippen LogP contribution in [0.15, 0.2) is 0 Å². The smallest absolute Gasteiger partial charge is 0.0271 e. The van der Waals surface area contributed by atoms with E-state index in [2.05, 4.69) is 45.0 Å². The Hall–Kier alpha value is -0.0800. The summed E-state index contributed by atoms with van der Waals surface area (Å²) in [5.74, 6) is 0. The van der Waals surface area contributed by atoms with Crippen LogP contribution in [0, 0.1) is 5.41 Å². The Morgan fingerprint density at radius 3 is 2.50 bits per heavy atom. The molecule has 0 aromatic carbocycles. The van der Waals surface area contributed by atoms with Gasteiger partial charge in [0.1, 0.15) is 0 Å². The standard InChI is InChI=1S/C14H30N2/c1-6-11-16(7-2)12-9-8-10-14(3,4)13(12)15-5/h12-13,15H,6-11H2,1-5H3. The molecule has 16 heavy (non-hydrogen) atoms. The minimum absolute atomic E-state index is 0.443. The van der Waals surface area contributed by atoms with Crippen molar-refractivity contribution in [1.82, 2.24) is 10.2 Å². The van der Waals surface area contributed by atoms with Gasteiger partial charge in [0.25, 0.3) is 0 Å². The molecule has 0 aliphatic heterocycles. The highest BCUT2D eigenvalue weighted by molar-refractivity contribution is 4.97. The lowest BCUT2D eigenvalue weighted by Crippen LogP contribution is -2.58. The summed E-state index contributed by atoms with van der Waals surface area (Å²) >= 11 is 0. The Morgan fingerprint density at radius 1 is 1.31 bits per heavy atom. The third-order valence-electron chi connectivity index (χ3n) is 4.24. The predicted molar refractivity (Wildman–Crippen MR) is 71.8 cm³/mol. The highest BCUT2D eigenvalue weighted by atomic mass is 15.2. The van der Waals surface area contributed by atoms with Gasteiger partial charge in [-0.1, -0.05) is 34.1 Å². The predicted octanol–water partition coefficient (Wildman–Crippen LogP) is 2.89. The second-order valence-electron chi connectivity index (χ2n) is 5.84. The Labute approximate surface area is 102 Å². The SMILES string of the molecule is CCCN(CC)C1CCCC(C)(C)C1NC. The molecule has 0 aromatic heterocycles. The van der Waals surface area contributed by atoms with Crippen LogP contribution in [0.3, 0.4) is 0 Å². The van der Waals surface area contributed by atoms with Crippen LogP contribution in [0.4, 0.5) is 0 Å². The van der Waals surface area contributed by atoms with Crippen LogP contribution in [0.2, 0.25) is 0 Å². The van der Waals surface area contributed by atoms with Crippen molar-refractivity contribution in [3.63, 3.8) is 0 Å². The molecule has 96 valence electrons. The molecule has 0 saturated heterocycles. The second kappa shape index (κ2) is 6.02. The zero-order valence-electron chi connectivity index (χ0n) is 11.8. The molecule has 0 radical (unpaired) electrons. The fourth-order valence-corrected chi connectivity index (χ4v) is 3.43. The molecule has 1 aliphatic rings. The van der Waals surface area contributed by atoms with Crippen molar-refractivity contribution < 1.29 is 0 Å². The van der Waals surface area contributed by atoms with E-state index in [1.165, 1.54) is 38.8 Å². The first-order valence-electron chi connectivity index (χ1n) is 6.98. The van der Waals surface area contributed by atoms with Crippen LogP contribution >= 0.6 is 0 Å². The van der Waals surface area contributed by atoms with Crippen molar-refractivity contribution in [2.24, 2.45) is 5.41 Å². The van der Waals surface area contributed by atoms with Gasteiger partial charge in [0.15, 0.2) is 0 Å². The largest absolute Gasteiger partial charge is 0.315 e. The highest BCUT2D eigenvalue weighted by Crippen LogP contribution is 2.37. The van der Waals surface area contributed by atoms with Gasteiger partial charge in [-0.05, 0) is 44.8 Å². The van der Waals surface area contributed by atoms with Gasteiger partial charge in [-0.3, -0.25) is 4.90 Å². The lowest BCUT2D eigenvalue weighted by Gasteiger charge is -2.48. The quantitative estimate of drug-likeness (QED) is 0.775. The summed E-state index contributed by atoms with van der Waals surface area (Å²) in [6.45, 7) is 11.8. The Kier molecular flexibility index (Phi) is 5.26. The van der Waals surface area contributed by atoms with E-state index in [9.17, 15) is 0 Å². The zero-order chi connectivity index (χ0) is 12.2. The Morgan fingerprint density at radius 2 is 2.00 bits per heavy atom. The topological polar surface area (TPSA) is 15.3 Å². The number of hydrogen-bond acceptors (Lipinski definition) is 2. The van der Waals surface area contributed by atoms with Crippen LogP contribution in [-0.2, 0) is 0 Å². The molecule has 1 rings (SSSR count). The van der Waals surface area contributed by atoms with E-state index in [0.29, 0.717) is 11.5 Å². The molecule has 0 spiro atoms. The lowest BCUT2D eigenvalue weighted by atomic mass is 9.70. The van der Waals surface area contributed by atoms with Crippen molar-refractivity contribution in [1.29, 1.82) is 0 Å². The molecule has 0 bridgehead atoms. The van der Waals surface area contributed by atoms with E-state index in [4.69, 9.17) is 0 Å². The minimum Gasteiger partial charge on any atom is -0.315 e. The molecular weight excluding hydrogens is 196 g/mol. The van der Waals surface area contributed by atoms with Crippen molar-refractivity contribution in [2.45, 2.75) is 65.5 Å². The molecule has 1 aliphatic carbocycles. The third kappa shape index (κ3) is 2.98. The first-order chi connectivity index (χ1) is 7.56. The fraction of sp³-hybridized carbons (Fsp3) is 1.00. The number of rotatable bonds is 5. The number of nitrogens with zero attached hydrogens (tertiary/aromatic N) is 1. The lowest BCUT2D eigenvalue weighted by molar-refractivity contribution is 0.0551. The second-order valence-corrected chi connectivity index (χ2v) is 5.84. The van der Waals surface area contributed by atoms with Crippen molar-refractivity contribution in [3.8, 4) is 0 Å². The maximum Gasteiger partial charge on any atom is 0.0271 e. The van der Waals surface area contributed by atoms with Crippen molar-refractivity contribution in [2.75, 3.05) is 20.1 Å². The molecular formula is C14H30N2. The van der Waals surface area contributed by atoms with E-state index < -0.39 is 0 Å². The van der Waals surface area contributed by atoms with E-state index in [0.717, 1.165) is 6.04 Å². The average Bonchev–Trinajstić information content (AvgIpc) is 2.24. The number of likely N-dealkylation sites (N-methyl/N-ethyl adjacent to an activating group) is 2. The molecule has 2 unspecified atom stereocenters. The first-order valence-corrected chi connectivity index (χ1v) is 6.98. The molecule has 0 heterocycles. The summed E-state index contributed by atoms with van der Waals surface area (Å²) < 4.78 is 0. The van der Waals surface area contributed by atoms with Crippen LogP contribution in [-0.4, -0.2) is 37.1 Å². The van der Waals surface area contributed by atoms with Gasteiger partial charge in [-0.2, -0.15) is 0 Å². The number of hydrogen-bond donors (Lipinski definition) is 1. The van der Waals surface area contributed by atoms with Crippen molar-refractivity contribution in [3.05, 3.63) is 0 Å². The molecule has 0 amide bonds. The van der Waals surface area contributed by atoms with Gasteiger partial charge in [0, 0.05) is 12.1 Å². The van der Waals surface area contributed by atoms with Gasteiger partial charge < -0.3 is 5.32 Å². The average molecular weight is 226 g/mol. The maximum absolute atomic E-state index is 3.58. The molecule has 2 atom stereocenters. The third-order valence-corrected chi connectivity index (χ3v) is 4.24. The van der Waals surface area contributed by atoms with Gasteiger partial charge in [0.2, 0.25) is 0 Å². The van der Waals surface area contributed by atoms with Gasteiger partial charge >= 0.3 is 0 Å².